The lowest BCUT2D eigenvalue weighted by atomic mass is 9.95. The maximum atomic E-state index is 12.8. The normalized spacial score (nSPS) is 14.6. The lowest BCUT2D eigenvalue weighted by Crippen LogP contribution is -2.41. The Morgan fingerprint density at radius 1 is 1.19 bits per heavy atom. The van der Waals surface area contributed by atoms with Crippen LogP contribution in [-0.2, 0) is 18.4 Å². The second-order valence-electron chi connectivity index (χ2n) is 8.46. The van der Waals surface area contributed by atoms with Gasteiger partial charge in [0.2, 0.25) is 5.91 Å². The predicted octanol–water partition coefficient (Wildman–Crippen LogP) is 4.01. The fraction of sp³-hybridized carbons (Fsp3) is 0.423. The monoisotopic (exact) mass is 529 g/mol. The molecule has 0 radical (unpaired) electrons. The highest BCUT2D eigenvalue weighted by molar-refractivity contribution is 7.57. The Kier molecular flexibility index (Phi) is 10.7. The Bertz CT molecular complexity index is 1110. The zero-order valence-corrected chi connectivity index (χ0v) is 22.3. The molecular weight excluding hydrogens is 493 g/mol. The molecule has 1 aromatic heterocycles. The van der Waals surface area contributed by atoms with Crippen LogP contribution in [0.4, 0.5) is 5.69 Å². The van der Waals surface area contributed by atoms with Crippen molar-refractivity contribution >= 4 is 31.1 Å². The third-order valence-corrected chi connectivity index (χ3v) is 7.68. The summed E-state index contributed by atoms with van der Waals surface area (Å²) in [4.78, 5) is 19.0. The van der Waals surface area contributed by atoms with Gasteiger partial charge in [0.1, 0.15) is 18.2 Å². The molecule has 1 amide bonds. The van der Waals surface area contributed by atoms with Crippen LogP contribution in [0.25, 0.3) is 6.08 Å². The molecule has 1 aromatic carbocycles. The third kappa shape index (κ3) is 8.42. The Morgan fingerprint density at radius 3 is 2.49 bits per heavy atom. The smallest absolute Gasteiger partial charge is 0.354 e. The van der Waals surface area contributed by atoms with Crippen molar-refractivity contribution in [1.82, 2.24) is 10.3 Å². The van der Waals surface area contributed by atoms with Gasteiger partial charge in [0, 0.05) is 54.0 Å². The fourth-order valence-corrected chi connectivity index (χ4v) is 5.36. The number of rotatable bonds is 13. The van der Waals surface area contributed by atoms with Crippen LogP contribution in [0, 0.1) is 11.3 Å². The largest absolute Gasteiger partial charge is 0.491 e. The molecule has 2 aromatic rings. The summed E-state index contributed by atoms with van der Waals surface area (Å²) in [6, 6.07) is 9.01. The number of carbonyl (C=O) groups excluding carboxylic acids is 1. The van der Waals surface area contributed by atoms with E-state index in [4.69, 9.17) is 24.9 Å². The van der Waals surface area contributed by atoms with Gasteiger partial charge in [-0.25, -0.2) is 0 Å². The number of aromatic nitrogens is 1. The summed E-state index contributed by atoms with van der Waals surface area (Å²) in [6.07, 6.45) is 6.73. The van der Waals surface area contributed by atoms with E-state index >= 15 is 0 Å². The topological polar surface area (TPSA) is 140 Å². The van der Waals surface area contributed by atoms with Gasteiger partial charge in [-0.1, -0.05) is 12.1 Å². The minimum absolute atomic E-state index is 0.0185. The van der Waals surface area contributed by atoms with Crippen LogP contribution in [0.1, 0.15) is 37.8 Å². The first-order valence-corrected chi connectivity index (χ1v) is 14.1. The summed E-state index contributed by atoms with van der Waals surface area (Å²) < 4.78 is 29.3. The molecule has 10 nitrogen and oxygen atoms in total. The van der Waals surface area contributed by atoms with Crippen LogP contribution in [0.15, 0.2) is 48.5 Å². The standard InChI is InChI=1S/C26H36N5O5P/c1-3-35-37(33,36-4-2)18-11-20-5-6-22(25(27)28)19-24(20)34-17-14-30-26(32)21-9-15-31(16-10-21)23-7-12-29-13-8-23/h5-8,11-13,18-19,21H,3-4,9-10,14-17H2,1-2H3,(H3,27,28)(H,30,32). The minimum Gasteiger partial charge on any atom is -0.491 e. The first-order valence-electron chi connectivity index (χ1n) is 12.5. The Morgan fingerprint density at radius 2 is 1.86 bits per heavy atom. The number of nitrogens with two attached hydrogens (primary N) is 1. The molecule has 11 heteroatoms. The van der Waals surface area contributed by atoms with Crippen molar-refractivity contribution in [3.8, 4) is 5.75 Å². The van der Waals surface area contributed by atoms with Crippen molar-refractivity contribution in [1.29, 1.82) is 5.41 Å². The summed E-state index contributed by atoms with van der Waals surface area (Å²) in [7, 11) is -3.39. The predicted molar refractivity (Wildman–Crippen MR) is 145 cm³/mol. The van der Waals surface area contributed by atoms with Crippen molar-refractivity contribution < 1.29 is 23.1 Å². The summed E-state index contributed by atoms with van der Waals surface area (Å²) in [5, 5.41) is 10.7. The molecule has 1 aliphatic rings. The highest BCUT2D eigenvalue weighted by atomic mass is 31.2. The number of anilines is 1. The number of nitrogen functional groups attached to an aromatic ring is 1. The molecular formula is C26H36N5O5P. The van der Waals surface area contributed by atoms with Crippen molar-refractivity contribution in [3.63, 3.8) is 0 Å². The zero-order valence-electron chi connectivity index (χ0n) is 21.4. The number of nitrogens with zero attached hydrogens (tertiary/aromatic N) is 2. The number of piperidine rings is 1. The van der Waals surface area contributed by atoms with Crippen LogP contribution in [0.5, 0.6) is 5.75 Å². The van der Waals surface area contributed by atoms with Crippen LogP contribution < -0.4 is 20.7 Å². The van der Waals surface area contributed by atoms with Crippen molar-refractivity contribution in [3.05, 3.63) is 59.7 Å². The number of ether oxygens (including phenoxy) is 1. The van der Waals surface area contributed by atoms with Gasteiger partial charge < -0.3 is 29.7 Å². The second kappa shape index (κ2) is 13.9. The fourth-order valence-electron chi connectivity index (χ4n) is 4.05. The van der Waals surface area contributed by atoms with Gasteiger partial charge in [-0.2, -0.15) is 0 Å². The van der Waals surface area contributed by atoms with E-state index in [2.05, 4.69) is 15.2 Å². The number of benzene rings is 1. The molecule has 1 fully saturated rings. The molecule has 1 saturated heterocycles. The molecule has 0 aliphatic carbocycles. The first-order chi connectivity index (χ1) is 17.8. The number of hydrogen-bond acceptors (Lipinski definition) is 8. The van der Waals surface area contributed by atoms with Gasteiger partial charge in [-0.05, 0) is 51.0 Å². The molecule has 37 heavy (non-hydrogen) atoms. The van der Waals surface area contributed by atoms with E-state index in [0.29, 0.717) is 23.4 Å². The van der Waals surface area contributed by atoms with E-state index in [-0.39, 0.29) is 37.5 Å². The highest BCUT2D eigenvalue weighted by Crippen LogP contribution is 2.50. The van der Waals surface area contributed by atoms with E-state index in [1.54, 1.807) is 50.5 Å². The summed E-state index contributed by atoms with van der Waals surface area (Å²) in [5.74, 6) is 1.73. The molecule has 1 aliphatic heterocycles. The number of amides is 1. The first kappa shape index (κ1) is 28.4. The van der Waals surface area contributed by atoms with Crippen LogP contribution in [0.2, 0.25) is 0 Å². The third-order valence-electron chi connectivity index (χ3n) is 5.93. The molecule has 2 heterocycles. The van der Waals surface area contributed by atoms with Gasteiger partial charge in [-0.15, -0.1) is 0 Å². The zero-order chi connectivity index (χ0) is 26.7. The lowest BCUT2D eigenvalue weighted by molar-refractivity contribution is -0.125. The van der Waals surface area contributed by atoms with Gasteiger partial charge in [0.25, 0.3) is 0 Å². The van der Waals surface area contributed by atoms with E-state index in [1.165, 1.54) is 5.82 Å². The van der Waals surface area contributed by atoms with Gasteiger partial charge in [0.15, 0.2) is 0 Å². The van der Waals surface area contributed by atoms with E-state index in [0.717, 1.165) is 31.6 Å². The van der Waals surface area contributed by atoms with E-state index in [1.807, 2.05) is 12.1 Å². The highest BCUT2D eigenvalue weighted by Gasteiger charge is 2.25. The average molecular weight is 530 g/mol. The number of nitrogens with one attached hydrogen (secondary N) is 2. The van der Waals surface area contributed by atoms with Crippen LogP contribution in [0.3, 0.4) is 0 Å². The quantitative estimate of drug-likeness (QED) is 0.153. The summed E-state index contributed by atoms with van der Waals surface area (Å²) in [5.41, 5.74) is 7.88. The maximum Gasteiger partial charge on any atom is 0.354 e. The van der Waals surface area contributed by atoms with Crippen molar-refractivity contribution in [2.24, 2.45) is 11.7 Å². The van der Waals surface area contributed by atoms with Gasteiger partial charge >= 0.3 is 7.60 Å². The van der Waals surface area contributed by atoms with E-state index in [9.17, 15) is 9.36 Å². The lowest BCUT2D eigenvalue weighted by Gasteiger charge is -2.32. The molecule has 0 atom stereocenters. The SMILES string of the molecule is CCOP(=O)(C=Cc1ccc(C(=N)N)cc1OCCNC(=O)C1CCN(c2ccncc2)CC1)OCC. The Hall–Kier alpha value is -3.20. The van der Waals surface area contributed by atoms with Gasteiger partial charge in [0.05, 0.1) is 19.8 Å². The molecule has 3 rings (SSSR count). The van der Waals surface area contributed by atoms with Crippen LogP contribution in [-0.4, -0.2) is 56.2 Å². The number of hydrogen-bond donors (Lipinski definition) is 3. The second-order valence-corrected chi connectivity index (χ2v) is 10.4. The van der Waals surface area contributed by atoms with E-state index < -0.39 is 7.60 Å². The maximum absolute atomic E-state index is 12.8. The van der Waals surface area contributed by atoms with Crippen molar-refractivity contribution in [2.45, 2.75) is 26.7 Å². The number of amidine groups is 1. The number of carbonyl (C=O) groups is 1. The minimum atomic E-state index is -3.39. The molecule has 0 saturated carbocycles. The average Bonchev–Trinajstić information content (AvgIpc) is 2.91. The Labute approximate surface area is 218 Å². The molecule has 4 N–H and O–H groups in total. The molecule has 0 spiro atoms. The molecule has 0 bridgehead atoms. The Balaban J connectivity index is 1.55. The van der Waals surface area contributed by atoms with Crippen LogP contribution >= 0.6 is 7.60 Å². The van der Waals surface area contributed by atoms with Crippen molar-refractivity contribution in [2.75, 3.05) is 44.4 Å². The summed E-state index contributed by atoms with van der Waals surface area (Å²) in [6.45, 7) is 6.17. The number of pyridine rings is 1. The molecule has 0 unspecified atom stereocenters. The van der Waals surface area contributed by atoms with Gasteiger partial charge in [-0.3, -0.25) is 19.8 Å². The summed E-state index contributed by atoms with van der Waals surface area (Å²) >= 11 is 0. The molecule has 200 valence electrons.